The van der Waals surface area contributed by atoms with Crippen molar-refractivity contribution in [3.63, 3.8) is 0 Å². The number of carboxylic acid groups (broad SMARTS) is 1. The van der Waals surface area contributed by atoms with E-state index in [2.05, 4.69) is 0 Å². The molecule has 1 aromatic rings. The second kappa shape index (κ2) is 6.76. The van der Waals surface area contributed by atoms with Crippen molar-refractivity contribution in [3.8, 4) is 5.75 Å². The Labute approximate surface area is 139 Å². The summed E-state index contributed by atoms with van der Waals surface area (Å²) in [5, 5.41) is 8.98. The predicted molar refractivity (Wildman–Crippen MR) is 63.9 cm³/mol. The van der Waals surface area contributed by atoms with Crippen molar-refractivity contribution in [2.75, 3.05) is 7.11 Å². The minimum Gasteiger partial charge on any atom is -0.497 e. The van der Waals surface area contributed by atoms with Crippen molar-refractivity contribution >= 4 is 57.4 Å². The molecule has 1 N–H and O–H groups in total. The molecule has 4 heteroatoms. The van der Waals surface area contributed by atoms with Gasteiger partial charge in [-0.05, 0) is 38.0 Å². The summed E-state index contributed by atoms with van der Waals surface area (Å²) in [7, 11) is 1.61. The monoisotopic (exact) mass is 247 g/mol. The fraction of sp³-hybridized carbons (Fsp3) is 0.417. The van der Waals surface area contributed by atoms with Gasteiger partial charge in [0.1, 0.15) is 5.75 Å². The molecular weight excluding hydrogens is 231 g/mol. The van der Waals surface area contributed by atoms with Crippen LogP contribution in [0.2, 0.25) is 0 Å². The van der Waals surface area contributed by atoms with E-state index in [9.17, 15) is 4.79 Å². The third-order valence-corrected chi connectivity index (χ3v) is 2.38. The molecule has 1 aromatic carbocycles. The van der Waals surface area contributed by atoms with Gasteiger partial charge in [0.15, 0.2) is 0 Å². The second-order valence-electron chi connectivity index (χ2n) is 4.21. The summed E-state index contributed by atoms with van der Waals surface area (Å²) < 4.78 is 5.03. The Bertz CT molecular complexity index is 344. The Morgan fingerprint density at radius 3 is 2.19 bits per heavy atom. The van der Waals surface area contributed by atoms with E-state index in [1.807, 2.05) is 24.3 Å². The minimum atomic E-state index is -0.779. The number of methoxy groups -OCH3 is 1. The number of ether oxygens (including phenoxy) is 1. The zero-order valence-electron chi connectivity index (χ0n) is 10.3. The van der Waals surface area contributed by atoms with E-state index >= 15 is 0 Å². The number of carboxylic acids is 1. The van der Waals surface area contributed by atoms with Crippen LogP contribution in [0.3, 0.4) is 0 Å². The zero-order valence-corrected chi connectivity index (χ0v) is 13.4. The van der Waals surface area contributed by atoms with E-state index in [4.69, 9.17) is 9.84 Å². The smallest absolute Gasteiger partial charge is 0.309 e. The first-order valence-corrected chi connectivity index (χ1v) is 4.82. The van der Waals surface area contributed by atoms with Gasteiger partial charge in [-0.3, -0.25) is 4.79 Å². The molecule has 0 unspecified atom stereocenters. The molecule has 0 heterocycles. The van der Waals surface area contributed by atoms with Gasteiger partial charge in [0.25, 0.3) is 0 Å². The Morgan fingerprint density at radius 2 is 1.81 bits per heavy atom. The molecule has 0 amide bonds. The van der Waals surface area contributed by atoms with Gasteiger partial charge in [0, 0.05) is 51.4 Å². The van der Waals surface area contributed by atoms with E-state index in [-0.39, 0.29) is 51.4 Å². The van der Waals surface area contributed by atoms with E-state index in [0.29, 0.717) is 6.42 Å². The van der Waals surface area contributed by atoms with Gasteiger partial charge >= 0.3 is 5.97 Å². The molecule has 0 fully saturated rings. The summed E-state index contributed by atoms with van der Waals surface area (Å²) in [6, 6.07) is 7.47. The van der Waals surface area contributed by atoms with Crippen molar-refractivity contribution in [2.24, 2.45) is 5.41 Å². The average Bonchev–Trinajstić information content (AvgIpc) is 2.18. The molecule has 0 bridgehead atoms. The zero-order chi connectivity index (χ0) is 11.5. The molecule has 83 valence electrons. The maximum Gasteiger partial charge on any atom is 0.309 e. The molecule has 0 saturated heterocycles. The summed E-state index contributed by atoms with van der Waals surface area (Å²) in [4.78, 5) is 10.9. The Kier molecular flexibility index (Phi) is 6.82. The van der Waals surface area contributed by atoms with Crippen molar-refractivity contribution < 1.29 is 14.6 Å². The van der Waals surface area contributed by atoms with Crippen LogP contribution in [-0.4, -0.2) is 69.6 Å². The average molecular weight is 247 g/mol. The van der Waals surface area contributed by atoms with Gasteiger partial charge in [-0.2, -0.15) is 0 Å². The van der Waals surface area contributed by atoms with Gasteiger partial charge in [-0.25, -0.2) is 0 Å². The molecule has 3 nitrogen and oxygen atoms in total. The molecule has 16 heavy (non-hydrogen) atoms. The first kappa shape index (κ1) is 16.1. The number of hydrogen-bond acceptors (Lipinski definition) is 2. The standard InChI is InChI=1S/C12H16O3.K/c1-12(2,11(13)14)8-9-4-6-10(15-3)7-5-9;/h4-7H,8H2,1-3H3,(H,13,14);. The quantitative estimate of drug-likeness (QED) is 0.827. The van der Waals surface area contributed by atoms with E-state index in [1.54, 1.807) is 21.0 Å². The Balaban J connectivity index is 0.00000225. The molecule has 0 aliphatic rings. The van der Waals surface area contributed by atoms with Crippen molar-refractivity contribution in [1.82, 2.24) is 0 Å². The van der Waals surface area contributed by atoms with Crippen LogP contribution in [-0.2, 0) is 11.2 Å². The van der Waals surface area contributed by atoms with Gasteiger partial charge in [0.05, 0.1) is 12.5 Å². The van der Waals surface area contributed by atoms with Gasteiger partial charge < -0.3 is 9.84 Å². The number of hydrogen-bond donors (Lipinski definition) is 1. The third-order valence-electron chi connectivity index (χ3n) is 2.38. The summed E-state index contributed by atoms with van der Waals surface area (Å²) in [5.74, 6) is 0.00481. The van der Waals surface area contributed by atoms with Gasteiger partial charge in [-0.1, -0.05) is 12.1 Å². The summed E-state index contributed by atoms with van der Waals surface area (Å²) >= 11 is 0. The van der Waals surface area contributed by atoms with Crippen LogP contribution in [0.15, 0.2) is 24.3 Å². The maximum atomic E-state index is 10.9. The summed E-state index contributed by atoms with van der Waals surface area (Å²) in [6.45, 7) is 3.44. The van der Waals surface area contributed by atoms with Gasteiger partial charge in [-0.15, -0.1) is 0 Å². The van der Waals surface area contributed by atoms with E-state index in [1.165, 1.54) is 0 Å². The topological polar surface area (TPSA) is 46.5 Å². The first-order valence-electron chi connectivity index (χ1n) is 4.82. The fourth-order valence-corrected chi connectivity index (χ4v) is 1.33. The van der Waals surface area contributed by atoms with Crippen LogP contribution in [0.25, 0.3) is 0 Å². The molecule has 0 aliphatic carbocycles. The minimum absolute atomic E-state index is 0. The molecule has 1 rings (SSSR count). The molecular formula is C12H16KO3. The molecule has 0 atom stereocenters. The number of rotatable bonds is 4. The van der Waals surface area contributed by atoms with Crippen LogP contribution >= 0.6 is 0 Å². The van der Waals surface area contributed by atoms with Gasteiger partial charge in [0.2, 0.25) is 0 Å². The number of carbonyl (C=O) groups is 1. The van der Waals surface area contributed by atoms with Crippen LogP contribution in [0, 0.1) is 5.41 Å². The van der Waals surface area contributed by atoms with Crippen molar-refractivity contribution in [1.29, 1.82) is 0 Å². The van der Waals surface area contributed by atoms with Crippen LogP contribution in [0.1, 0.15) is 19.4 Å². The normalized spacial score (nSPS) is 10.4. The number of benzene rings is 1. The van der Waals surface area contributed by atoms with Crippen molar-refractivity contribution in [3.05, 3.63) is 29.8 Å². The fourth-order valence-electron chi connectivity index (χ4n) is 1.33. The molecule has 0 spiro atoms. The number of aliphatic carboxylic acids is 1. The maximum absolute atomic E-state index is 10.9. The molecule has 1 radical (unpaired) electrons. The second-order valence-corrected chi connectivity index (χ2v) is 4.21. The van der Waals surface area contributed by atoms with Crippen LogP contribution < -0.4 is 4.74 Å². The summed E-state index contributed by atoms with van der Waals surface area (Å²) in [6.07, 6.45) is 0.520. The Morgan fingerprint density at radius 1 is 1.31 bits per heavy atom. The SMILES string of the molecule is COc1ccc(CC(C)(C)C(=O)O)cc1.[K]. The van der Waals surface area contributed by atoms with Crippen molar-refractivity contribution in [2.45, 2.75) is 20.3 Å². The third kappa shape index (κ3) is 4.55. The van der Waals surface area contributed by atoms with E-state index < -0.39 is 11.4 Å². The summed E-state index contributed by atoms with van der Waals surface area (Å²) in [5.41, 5.74) is 0.275. The first-order chi connectivity index (χ1) is 6.95. The predicted octanol–water partition coefficient (Wildman–Crippen LogP) is 1.97. The van der Waals surface area contributed by atoms with Crippen LogP contribution in [0.4, 0.5) is 0 Å². The van der Waals surface area contributed by atoms with E-state index in [0.717, 1.165) is 11.3 Å². The molecule has 0 saturated carbocycles. The largest absolute Gasteiger partial charge is 0.497 e. The molecule has 0 aromatic heterocycles. The molecule has 0 aliphatic heterocycles. The Hall–Kier alpha value is 0.126. The van der Waals surface area contributed by atoms with Crippen LogP contribution in [0.5, 0.6) is 5.75 Å².